The standard InChI is InChI=1S/C29H28Cl2N2S/c1-18-6-10-25(20(3)14-18)32-28-33(26-11-7-19(2)15-21(26)4)27(17-34-28)29(12-5-13-29)22-8-9-23(30)24(31)16-22/h6-11,14-17H,5,12-13H2,1-4H3. The fourth-order valence-electron chi connectivity index (χ4n) is 5.06. The van der Waals surface area contributed by atoms with Crippen LogP contribution in [0.2, 0.25) is 10.0 Å². The lowest BCUT2D eigenvalue weighted by atomic mass is 9.62. The first-order valence-electron chi connectivity index (χ1n) is 11.6. The number of nitrogens with zero attached hydrogens (tertiary/aromatic N) is 2. The highest BCUT2D eigenvalue weighted by Crippen LogP contribution is 2.50. The van der Waals surface area contributed by atoms with Gasteiger partial charge < -0.3 is 0 Å². The van der Waals surface area contributed by atoms with Crippen molar-refractivity contribution in [1.82, 2.24) is 4.57 Å². The van der Waals surface area contributed by atoms with Crippen molar-refractivity contribution in [3.05, 3.63) is 108 Å². The average molecular weight is 508 g/mol. The number of halogens is 2. The molecule has 0 radical (unpaired) electrons. The smallest absolute Gasteiger partial charge is 0.194 e. The van der Waals surface area contributed by atoms with Crippen molar-refractivity contribution in [1.29, 1.82) is 0 Å². The summed E-state index contributed by atoms with van der Waals surface area (Å²) in [4.78, 5) is 6.16. The largest absolute Gasteiger partial charge is 0.288 e. The second-order valence-corrected chi connectivity index (χ2v) is 11.1. The molecule has 0 spiro atoms. The minimum absolute atomic E-state index is 0.0991. The van der Waals surface area contributed by atoms with Crippen LogP contribution in [0.3, 0.4) is 0 Å². The van der Waals surface area contributed by atoms with E-state index < -0.39 is 0 Å². The Morgan fingerprint density at radius 3 is 2.15 bits per heavy atom. The summed E-state index contributed by atoms with van der Waals surface area (Å²) < 4.78 is 2.38. The van der Waals surface area contributed by atoms with Gasteiger partial charge in [-0.2, -0.15) is 0 Å². The molecule has 0 N–H and O–H groups in total. The maximum atomic E-state index is 6.48. The molecule has 0 aliphatic heterocycles. The van der Waals surface area contributed by atoms with E-state index in [9.17, 15) is 0 Å². The van der Waals surface area contributed by atoms with Crippen LogP contribution in [-0.2, 0) is 5.41 Å². The Balaban J connectivity index is 1.78. The van der Waals surface area contributed by atoms with E-state index in [0.29, 0.717) is 10.0 Å². The van der Waals surface area contributed by atoms with Gasteiger partial charge in [-0.05, 0) is 81.5 Å². The summed E-state index contributed by atoms with van der Waals surface area (Å²) in [5.41, 5.74) is 9.52. The van der Waals surface area contributed by atoms with E-state index in [1.165, 1.54) is 45.6 Å². The van der Waals surface area contributed by atoms with E-state index in [1.807, 2.05) is 12.1 Å². The fraction of sp³-hybridized carbons (Fsp3) is 0.276. The number of hydrogen-bond donors (Lipinski definition) is 0. The second kappa shape index (κ2) is 9.03. The van der Waals surface area contributed by atoms with Gasteiger partial charge in [0.1, 0.15) is 0 Å². The van der Waals surface area contributed by atoms with Gasteiger partial charge in [-0.15, -0.1) is 11.3 Å². The van der Waals surface area contributed by atoms with Crippen LogP contribution in [0, 0.1) is 27.7 Å². The number of thiazole rings is 1. The zero-order valence-corrected chi connectivity index (χ0v) is 22.3. The monoisotopic (exact) mass is 506 g/mol. The third kappa shape index (κ3) is 4.04. The molecule has 1 aliphatic carbocycles. The van der Waals surface area contributed by atoms with Gasteiger partial charge in [0.2, 0.25) is 0 Å². The molecular weight excluding hydrogens is 479 g/mol. The van der Waals surface area contributed by atoms with E-state index in [-0.39, 0.29) is 5.41 Å². The lowest BCUT2D eigenvalue weighted by Gasteiger charge is -2.43. The summed E-state index contributed by atoms with van der Waals surface area (Å²) in [6, 6.07) is 19.2. The molecule has 5 rings (SSSR count). The average Bonchev–Trinajstić information content (AvgIpc) is 3.15. The van der Waals surface area contributed by atoms with Crippen LogP contribution in [-0.4, -0.2) is 4.57 Å². The molecule has 1 heterocycles. The summed E-state index contributed by atoms with van der Waals surface area (Å²) in [5, 5.41) is 3.50. The Hall–Kier alpha value is -2.33. The molecule has 34 heavy (non-hydrogen) atoms. The normalized spacial score (nSPS) is 15.4. The van der Waals surface area contributed by atoms with Gasteiger partial charge in [-0.25, -0.2) is 4.99 Å². The Morgan fingerprint density at radius 2 is 1.53 bits per heavy atom. The van der Waals surface area contributed by atoms with Crippen LogP contribution >= 0.6 is 34.5 Å². The molecule has 2 nitrogen and oxygen atoms in total. The van der Waals surface area contributed by atoms with Crippen molar-refractivity contribution >= 4 is 40.2 Å². The first kappa shape index (κ1) is 23.4. The van der Waals surface area contributed by atoms with Crippen LogP contribution in [0.5, 0.6) is 0 Å². The number of benzene rings is 3. The lowest BCUT2D eigenvalue weighted by Crippen LogP contribution is -2.38. The molecular formula is C29H28Cl2N2S. The van der Waals surface area contributed by atoms with Crippen LogP contribution in [0.15, 0.2) is 65.0 Å². The van der Waals surface area contributed by atoms with Crippen LogP contribution in [0.1, 0.15) is 52.8 Å². The zero-order valence-electron chi connectivity index (χ0n) is 20.0. The summed E-state index contributed by atoms with van der Waals surface area (Å²) in [6.45, 7) is 8.57. The highest BCUT2D eigenvalue weighted by Gasteiger charge is 2.43. The Morgan fingerprint density at radius 1 is 0.824 bits per heavy atom. The van der Waals surface area contributed by atoms with Crippen LogP contribution < -0.4 is 4.80 Å². The third-order valence-corrected chi connectivity index (χ3v) is 8.60. The SMILES string of the molecule is Cc1ccc(N=c2scc(C3(c4ccc(Cl)c(Cl)c4)CCC3)n2-c2ccc(C)cc2C)c(C)c1. The van der Waals surface area contributed by atoms with Crippen molar-refractivity contribution in [3.63, 3.8) is 0 Å². The van der Waals surface area contributed by atoms with Crippen molar-refractivity contribution in [2.24, 2.45) is 4.99 Å². The summed E-state index contributed by atoms with van der Waals surface area (Å²) in [6.07, 6.45) is 3.34. The van der Waals surface area contributed by atoms with Gasteiger partial charge in [0.05, 0.1) is 21.4 Å². The molecule has 1 aromatic heterocycles. The van der Waals surface area contributed by atoms with E-state index >= 15 is 0 Å². The van der Waals surface area contributed by atoms with Crippen molar-refractivity contribution in [3.8, 4) is 5.69 Å². The van der Waals surface area contributed by atoms with E-state index in [4.69, 9.17) is 28.2 Å². The summed E-state index contributed by atoms with van der Waals surface area (Å²) in [5.74, 6) is 0. The molecule has 0 atom stereocenters. The number of rotatable bonds is 4. The highest BCUT2D eigenvalue weighted by atomic mass is 35.5. The Kier molecular flexibility index (Phi) is 6.22. The molecule has 3 aromatic carbocycles. The van der Waals surface area contributed by atoms with Crippen molar-refractivity contribution in [2.75, 3.05) is 0 Å². The minimum atomic E-state index is -0.0991. The molecule has 5 heteroatoms. The summed E-state index contributed by atoms with van der Waals surface area (Å²) in [7, 11) is 0. The third-order valence-electron chi connectivity index (χ3n) is 7.04. The first-order valence-corrected chi connectivity index (χ1v) is 13.3. The Bertz CT molecular complexity index is 1460. The Labute approximate surface area is 215 Å². The molecule has 1 aliphatic rings. The van der Waals surface area contributed by atoms with E-state index in [0.717, 1.165) is 23.3 Å². The molecule has 174 valence electrons. The fourth-order valence-corrected chi connectivity index (χ4v) is 6.36. The number of hydrogen-bond acceptors (Lipinski definition) is 2. The van der Waals surface area contributed by atoms with E-state index in [1.54, 1.807) is 11.3 Å². The predicted molar refractivity (Wildman–Crippen MR) is 145 cm³/mol. The molecule has 4 aromatic rings. The van der Waals surface area contributed by atoms with Crippen molar-refractivity contribution in [2.45, 2.75) is 52.4 Å². The van der Waals surface area contributed by atoms with E-state index in [2.05, 4.69) is 80.1 Å². The number of aromatic nitrogens is 1. The maximum absolute atomic E-state index is 6.48. The molecule has 0 amide bonds. The van der Waals surface area contributed by atoms with Crippen LogP contribution in [0.25, 0.3) is 5.69 Å². The van der Waals surface area contributed by atoms with Gasteiger partial charge >= 0.3 is 0 Å². The quantitative estimate of drug-likeness (QED) is 0.263. The topological polar surface area (TPSA) is 17.3 Å². The number of aryl methyl sites for hydroxylation is 4. The molecule has 0 unspecified atom stereocenters. The highest BCUT2D eigenvalue weighted by molar-refractivity contribution is 7.07. The van der Waals surface area contributed by atoms with Gasteiger partial charge in [-0.3, -0.25) is 4.57 Å². The summed E-state index contributed by atoms with van der Waals surface area (Å²) >= 11 is 14.5. The van der Waals surface area contributed by atoms with Crippen LogP contribution in [0.4, 0.5) is 5.69 Å². The van der Waals surface area contributed by atoms with Gasteiger partial charge in [0.25, 0.3) is 0 Å². The molecule has 1 fully saturated rings. The maximum Gasteiger partial charge on any atom is 0.194 e. The first-order chi connectivity index (χ1) is 16.3. The van der Waals surface area contributed by atoms with Gasteiger partial charge in [0.15, 0.2) is 4.80 Å². The lowest BCUT2D eigenvalue weighted by molar-refractivity contribution is 0.289. The predicted octanol–water partition coefficient (Wildman–Crippen LogP) is 8.78. The van der Waals surface area contributed by atoms with Gasteiger partial charge in [-0.1, -0.05) is 71.1 Å². The van der Waals surface area contributed by atoms with Gasteiger partial charge in [0, 0.05) is 16.5 Å². The minimum Gasteiger partial charge on any atom is -0.288 e. The molecule has 0 saturated heterocycles. The zero-order chi connectivity index (χ0) is 24.0. The van der Waals surface area contributed by atoms with Crippen molar-refractivity contribution < 1.29 is 0 Å². The molecule has 1 saturated carbocycles. The molecule has 0 bridgehead atoms. The second-order valence-electron chi connectivity index (χ2n) is 9.50.